The van der Waals surface area contributed by atoms with Gasteiger partial charge in [-0.1, -0.05) is 37.5 Å². The van der Waals surface area contributed by atoms with E-state index in [0.717, 1.165) is 49.9 Å². The standard InChI is InChI=1S/C21H24N4O2S/c26-19-16(20(27)25(21(28)24-19)12-6-2-1-3-7-12)18-17-14(10-11-22-18)13-8-4-5-9-15(13)23-17/h4-5,8-9,12,18,22-23,27H,1-3,6-7,10-11H2,(H,24,26,28). The molecule has 7 heteroatoms. The number of benzene rings is 1. The SMILES string of the molecule is O=c1[nH]c(=S)n(C2CCCCC2)c(O)c1C1NCCc2c1[nH]c1ccccc21. The topological polar surface area (TPSA) is 85.8 Å². The van der Waals surface area contributed by atoms with E-state index in [9.17, 15) is 9.90 Å². The Morgan fingerprint density at radius 3 is 2.71 bits per heavy atom. The van der Waals surface area contributed by atoms with Gasteiger partial charge >= 0.3 is 0 Å². The number of nitrogens with one attached hydrogen (secondary N) is 3. The van der Waals surface area contributed by atoms with Gasteiger partial charge in [0, 0.05) is 29.2 Å². The molecule has 1 fully saturated rings. The quantitative estimate of drug-likeness (QED) is 0.496. The molecule has 2 aromatic heterocycles. The van der Waals surface area contributed by atoms with Crippen molar-refractivity contribution < 1.29 is 5.11 Å². The summed E-state index contributed by atoms with van der Waals surface area (Å²) < 4.78 is 2.08. The second-order valence-corrected chi connectivity index (χ2v) is 8.25. The molecule has 146 valence electrons. The van der Waals surface area contributed by atoms with Crippen molar-refractivity contribution in [1.29, 1.82) is 0 Å². The van der Waals surface area contributed by atoms with Gasteiger partial charge in [0.05, 0.1) is 6.04 Å². The predicted molar refractivity (Wildman–Crippen MR) is 112 cm³/mol. The summed E-state index contributed by atoms with van der Waals surface area (Å²) in [4.78, 5) is 19.2. The Kier molecular flexibility index (Phi) is 4.36. The fourth-order valence-corrected chi connectivity index (χ4v) is 5.25. The first-order valence-corrected chi connectivity index (χ1v) is 10.5. The van der Waals surface area contributed by atoms with Crippen LogP contribution in [0.15, 0.2) is 29.1 Å². The zero-order valence-corrected chi connectivity index (χ0v) is 16.4. The summed E-state index contributed by atoms with van der Waals surface area (Å²) in [6.45, 7) is 0.747. The molecule has 0 radical (unpaired) electrons. The van der Waals surface area contributed by atoms with E-state index in [0.29, 0.717) is 10.3 Å². The van der Waals surface area contributed by atoms with E-state index in [1.807, 2.05) is 18.2 Å². The Morgan fingerprint density at radius 2 is 1.89 bits per heavy atom. The maximum Gasteiger partial charge on any atom is 0.260 e. The number of nitrogens with zero attached hydrogens (tertiary/aromatic N) is 1. The van der Waals surface area contributed by atoms with Crippen molar-refractivity contribution in [3.8, 4) is 5.88 Å². The van der Waals surface area contributed by atoms with Crippen molar-refractivity contribution in [2.75, 3.05) is 6.54 Å². The highest BCUT2D eigenvalue weighted by molar-refractivity contribution is 7.71. The van der Waals surface area contributed by atoms with Gasteiger partial charge in [-0.15, -0.1) is 0 Å². The molecule has 0 amide bonds. The molecule has 3 heterocycles. The van der Waals surface area contributed by atoms with Crippen LogP contribution in [0.2, 0.25) is 0 Å². The molecule has 1 atom stereocenters. The highest BCUT2D eigenvalue weighted by Gasteiger charge is 2.31. The average molecular weight is 397 g/mol. The van der Waals surface area contributed by atoms with E-state index in [1.165, 1.54) is 17.4 Å². The lowest BCUT2D eigenvalue weighted by molar-refractivity contribution is 0.297. The van der Waals surface area contributed by atoms with Crippen LogP contribution < -0.4 is 10.9 Å². The van der Waals surface area contributed by atoms with E-state index < -0.39 is 0 Å². The van der Waals surface area contributed by atoms with Crippen molar-refractivity contribution in [3.05, 3.63) is 56.2 Å². The Labute approximate surface area is 167 Å². The van der Waals surface area contributed by atoms with Gasteiger partial charge in [0.15, 0.2) is 4.77 Å². The molecule has 28 heavy (non-hydrogen) atoms. The largest absolute Gasteiger partial charge is 0.494 e. The lowest BCUT2D eigenvalue weighted by Gasteiger charge is -2.29. The lowest BCUT2D eigenvalue weighted by atomic mass is 9.93. The average Bonchev–Trinajstić information content (AvgIpc) is 3.08. The number of fused-ring (bicyclic) bond motifs is 3. The summed E-state index contributed by atoms with van der Waals surface area (Å²) in [5.41, 5.74) is 3.26. The first kappa shape index (κ1) is 17.7. The third-order valence-corrected chi connectivity index (χ3v) is 6.54. The Hall–Kier alpha value is -2.38. The first-order chi connectivity index (χ1) is 13.6. The Balaban J connectivity index is 1.69. The fraction of sp³-hybridized carbons (Fsp3) is 0.429. The van der Waals surface area contributed by atoms with Crippen LogP contribution in [-0.2, 0) is 6.42 Å². The van der Waals surface area contributed by atoms with Crippen LogP contribution in [0.3, 0.4) is 0 Å². The van der Waals surface area contributed by atoms with Crippen molar-refractivity contribution in [3.63, 3.8) is 0 Å². The summed E-state index contributed by atoms with van der Waals surface area (Å²) >= 11 is 5.42. The minimum atomic E-state index is -0.384. The molecule has 6 nitrogen and oxygen atoms in total. The Morgan fingerprint density at radius 1 is 1.11 bits per heavy atom. The van der Waals surface area contributed by atoms with Gasteiger partial charge in [0.1, 0.15) is 5.56 Å². The number of hydrogen-bond donors (Lipinski definition) is 4. The van der Waals surface area contributed by atoms with Crippen molar-refractivity contribution in [2.45, 2.75) is 50.6 Å². The molecular formula is C21H24N4O2S. The van der Waals surface area contributed by atoms with Crippen LogP contribution in [-0.4, -0.2) is 26.2 Å². The minimum Gasteiger partial charge on any atom is -0.494 e. The molecule has 0 bridgehead atoms. The van der Waals surface area contributed by atoms with Gasteiger partial charge in [-0.05, 0) is 43.1 Å². The molecule has 1 aromatic carbocycles. The number of hydrogen-bond acceptors (Lipinski definition) is 4. The number of H-pyrrole nitrogens is 2. The van der Waals surface area contributed by atoms with Gasteiger partial charge in [0.2, 0.25) is 5.88 Å². The fourth-order valence-electron chi connectivity index (χ4n) is 4.92. The molecule has 1 unspecified atom stereocenters. The smallest absolute Gasteiger partial charge is 0.260 e. The summed E-state index contributed by atoms with van der Waals surface area (Å²) in [6, 6.07) is 7.93. The molecule has 1 aliphatic carbocycles. The molecule has 4 N–H and O–H groups in total. The zero-order chi connectivity index (χ0) is 19.3. The van der Waals surface area contributed by atoms with E-state index in [1.54, 1.807) is 4.57 Å². The second kappa shape index (κ2) is 6.90. The van der Waals surface area contributed by atoms with E-state index in [4.69, 9.17) is 12.2 Å². The van der Waals surface area contributed by atoms with Crippen LogP contribution in [0.5, 0.6) is 5.88 Å². The normalized spacial score (nSPS) is 20.4. The van der Waals surface area contributed by atoms with E-state index in [-0.39, 0.29) is 23.5 Å². The molecule has 2 aliphatic rings. The predicted octanol–water partition coefficient (Wildman–Crippen LogP) is 3.83. The van der Waals surface area contributed by atoms with Crippen LogP contribution >= 0.6 is 12.2 Å². The van der Waals surface area contributed by atoms with Crippen LogP contribution in [0.25, 0.3) is 10.9 Å². The van der Waals surface area contributed by atoms with Crippen molar-refractivity contribution >= 4 is 23.1 Å². The van der Waals surface area contributed by atoms with Gasteiger partial charge < -0.3 is 15.4 Å². The van der Waals surface area contributed by atoms with E-state index in [2.05, 4.69) is 21.4 Å². The number of aromatic nitrogens is 3. The maximum absolute atomic E-state index is 12.9. The van der Waals surface area contributed by atoms with Crippen LogP contribution in [0.4, 0.5) is 0 Å². The zero-order valence-electron chi connectivity index (χ0n) is 15.6. The minimum absolute atomic E-state index is 0.00431. The van der Waals surface area contributed by atoms with Crippen LogP contribution in [0, 0.1) is 4.77 Å². The molecule has 0 spiro atoms. The van der Waals surface area contributed by atoms with Crippen molar-refractivity contribution in [1.82, 2.24) is 19.9 Å². The summed E-state index contributed by atoms with van der Waals surface area (Å²) in [6.07, 6.45) is 6.29. The highest BCUT2D eigenvalue weighted by Crippen LogP contribution is 2.37. The lowest BCUT2D eigenvalue weighted by Crippen LogP contribution is -2.35. The molecule has 1 aliphatic heterocycles. The Bertz CT molecular complexity index is 1150. The molecule has 0 saturated heterocycles. The summed E-state index contributed by atoms with van der Waals surface area (Å²) in [5.74, 6) is 0.00431. The third-order valence-electron chi connectivity index (χ3n) is 6.24. The monoisotopic (exact) mass is 396 g/mol. The molecular weight excluding hydrogens is 372 g/mol. The van der Waals surface area contributed by atoms with Gasteiger partial charge in [-0.2, -0.15) is 0 Å². The summed E-state index contributed by atoms with van der Waals surface area (Å²) in [7, 11) is 0. The van der Waals surface area contributed by atoms with Gasteiger partial charge in [0.25, 0.3) is 5.56 Å². The van der Waals surface area contributed by atoms with E-state index >= 15 is 0 Å². The number of para-hydroxylation sites is 1. The number of aromatic hydroxyl groups is 1. The summed E-state index contributed by atoms with van der Waals surface area (Å²) in [5, 5.41) is 15.8. The van der Waals surface area contributed by atoms with Gasteiger partial charge in [-0.25, -0.2) is 0 Å². The van der Waals surface area contributed by atoms with Crippen LogP contribution in [0.1, 0.15) is 61.0 Å². The second-order valence-electron chi connectivity index (χ2n) is 7.86. The maximum atomic E-state index is 12.9. The third kappa shape index (κ3) is 2.72. The highest BCUT2D eigenvalue weighted by atomic mass is 32.1. The van der Waals surface area contributed by atoms with Crippen molar-refractivity contribution in [2.24, 2.45) is 0 Å². The molecule has 1 saturated carbocycles. The first-order valence-electron chi connectivity index (χ1n) is 10.1. The number of rotatable bonds is 2. The molecule has 3 aromatic rings. The molecule has 5 rings (SSSR count). The number of aromatic amines is 2. The van der Waals surface area contributed by atoms with Gasteiger partial charge in [-0.3, -0.25) is 14.3 Å².